The molecule has 1 aromatic carbocycles. The van der Waals surface area contributed by atoms with Crippen molar-refractivity contribution in [3.05, 3.63) is 29.8 Å². The standard InChI is InChI=1S/C7H10N2O2S/c8-7-3-1-2-6(4-7)5-9-12(10)11/h1-4,9H,5,8H2,(H,10,11)/p-1. The van der Waals surface area contributed by atoms with Crippen LogP contribution in [0.25, 0.3) is 0 Å². The maximum Gasteiger partial charge on any atom is 0.0323 e. The van der Waals surface area contributed by atoms with Crippen molar-refractivity contribution in [2.45, 2.75) is 6.54 Å². The molecule has 4 nitrogen and oxygen atoms in total. The zero-order valence-corrected chi connectivity index (χ0v) is 7.14. The molecule has 0 aliphatic carbocycles. The molecule has 3 N–H and O–H groups in total. The van der Waals surface area contributed by atoms with Gasteiger partial charge in [0.15, 0.2) is 0 Å². The highest BCUT2D eigenvalue weighted by molar-refractivity contribution is 7.77. The van der Waals surface area contributed by atoms with Gasteiger partial charge < -0.3 is 10.3 Å². The topological polar surface area (TPSA) is 78.2 Å². The Bertz CT molecular complexity index is 290. The summed E-state index contributed by atoms with van der Waals surface area (Å²) < 4.78 is 22.5. The molecule has 1 unspecified atom stereocenters. The molecule has 0 aliphatic heterocycles. The zero-order valence-electron chi connectivity index (χ0n) is 6.32. The van der Waals surface area contributed by atoms with Crippen molar-refractivity contribution in [2.75, 3.05) is 5.73 Å². The molecule has 1 aromatic rings. The number of anilines is 1. The lowest BCUT2D eigenvalue weighted by Gasteiger charge is -2.06. The molecule has 1 atom stereocenters. The fourth-order valence-electron chi connectivity index (χ4n) is 0.845. The molecule has 0 spiro atoms. The van der Waals surface area contributed by atoms with Crippen LogP contribution in [0.2, 0.25) is 0 Å². The molecule has 0 saturated heterocycles. The molecular weight excluding hydrogens is 176 g/mol. The number of nitrogens with one attached hydrogen (secondary N) is 1. The van der Waals surface area contributed by atoms with E-state index >= 15 is 0 Å². The summed E-state index contributed by atoms with van der Waals surface area (Å²) in [6.07, 6.45) is 0. The third-order valence-electron chi connectivity index (χ3n) is 1.35. The smallest absolute Gasteiger partial charge is 0.0323 e. The van der Waals surface area contributed by atoms with Crippen LogP contribution in [-0.2, 0) is 17.8 Å². The molecule has 1 rings (SSSR count). The van der Waals surface area contributed by atoms with Gasteiger partial charge in [-0.05, 0) is 17.7 Å². The van der Waals surface area contributed by atoms with E-state index in [0.717, 1.165) is 5.56 Å². The van der Waals surface area contributed by atoms with Gasteiger partial charge in [-0.2, -0.15) is 0 Å². The van der Waals surface area contributed by atoms with Crippen molar-refractivity contribution in [3.63, 3.8) is 0 Å². The SMILES string of the molecule is Nc1cccc(CNS(=O)[O-])c1. The van der Waals surface area contributed by atoms with Crippen LogP contribution in [0.15, 0.2) is 24.3 Å². The Morgan fingerprint density at radius 1 is 1.58 bits per heavy atom. The second-order valence-electron chi connectivity index (χ2n) is 2.30. The molecule has 0 amide bonds. The second kappa shape index (κ2) is 4.20. The van der Waals surface area contributed by atoms with E-state index in [1.165, 1.54) is 0 Å². The highest BCUT2D eigenvalue weighted by Gasteiger charge is 1.91. The first kappa shape index (κ1) is 9.18. The van der Waals surface area contributed by atoms with Crippen LogP contribution < -0.4 is 10.5 Å². The largest absolute Gasteiger partial charge is 0.760 e. The summed E-state index contributed by atoms with van der Waals surface area (Å²) in [5.41, 5.74) is 6.96. The molecule has 0 bridgehead atoms. The van der Waals surface area contributed by atoms with Gasteiger partial charge in [-0.1, -0.05) is 12.1 Å². The Balaban J connectivity index is 2.57. The van der Waals surface area contributed by atoms with Crippen molar-refractivity contribution in [2.24, 2.45) is 0 Å². The predicted molar refractivity (Wildman–Crippen MR) is 46.6 cm³/mol. The van der Waals surface area contributed by atoms with Crippen LogP contribution >= 0.6 is 0 Å². The maximum atomic E-state index is 10.1. The first-order valence-electron chi connectivity index (χ1n) is 3.35. The van der Waals surface area contributed by atoms with Gasteiger partial charge >= 0.3 is 0 Å². The quantitative estimate of drug-likeness (QED) is 0.520. The minimum absolute atomic E-state index is 0.279. The normalized spacial score (nSPS) is 12.8. The molecule has 0 radical (unpaired) electrons. The van der Waals surface area contributed by atoms with Crippen LogP contribution in [0.4, 0.5) is 5.69 Å². The van der Waals surface area contributed by atoms with Gasteiger partial charge in [0.1, 0.15) is 0 Å². The lowest BCUT2D eigenvalue weighted by atomic mass is 10.2. The van der Waals surface area contributed by atoms with Crippen molar-refractivity contribution < 1.29 is 8.76 Å². The minimum atomic E-state index is -2.21. The molecule has 0 heterocycles. The Kier molecular flexibility index (Phi) is 3.21. The van der Waals surface area contributed by atoms with Gasteiger partial charge in [-0.25, -0.2) is 4.72 Å². The van der Waals surface area contributed by atoms with E-state index in [0.29, 0.717) is 5.69 Å². The van der Waals surface area contributed by atoms with Gasteiger partial charge in [0.05, 0.1) is 0 Å². The van der Waals surface area contributed by atoms with Crippen LogP contribution in [0.1, 0.15) is 5.56 Å². The summed E-state index contributed by atoms with van der Waals surface area (Å²) in [5.74, 6) is 0. The van der Waals surface area contributed by atoms with Crippen LogP contribution in [0.3, 0.4) is 0 Å². The van der Waals surface area contributed by atoms with Gasteiger partial charge in [0, 0.05) is 23.5 Å². The third-order valence-corrected chi connectivity index (χ3v) is 1.73. The molecule has 5 heteroatoms. The molecule has 12 heavy (non-hydrogen) atoms. The van der Waals surface area contributed by atoms with E-state index in [-0.39, 0.29) is 6.54 Å². The third kappa shape index (κ3) is 3.00. The number of hydrogen-bond donors (Lipinski definition) is 2. The highest BCUT2D eigenvalue weighted by Crippen LogP contribution is 2.05. The summed E-state index contributed by atoms with van der Waals surface area (Å²) in [7, 11) is 0. The molecule has 0 aliphatic rings. The first-order chi connectivity index (χ1) is 5.68. The van der Waals surface area contributed by atoms with Crippen molar-refractivity contribution in [1.29, 1.82) is 0 Å². The summed E-state index contributed by atoms with van der Waals surface area (Å²) >= 11 is -2.21. The van der Waals surface area contributed by atoms with E-state index in [1.54, 1.807) is 24.3 Å². The lowest BCUT2D eigenvalue weighted by molar-refractivity contribution is 0.522. The average Bonchev–Trinajstić information content (AvgIpc) is 2.01. The zero-order chi connectivity index (χ0) is 8.97. The van der Waals surface area contributed by atoms with Gasteiger partial charge in [0.2, 0.25) is 0 Å². The molecule has 0 aromatic heterocycles. The van der Waals surface area contributed by atoms with E-state index in [4.69, 9.17) is 5.73 Å². The monoisotopic (exact) mass is 185 g/mol. The number of benzene rings is 1. The van der Waals surface area contributed by atoms with E-state index in [9.17, 15) is 8.76 Å². The Morgan fingerprint density at radius 2 is 2.33 bits per heavy atom. The van der Waals surface area contributed by atoms with Crippen molar-refractivity contribution >= 4 is 17.0 Å². The van der Waals surface area contributed by atoms with Gasteiger partial charge in [-0.3, -0.25) is 4.21 Å². The average molecular weight is 185 g/mol. The van der Waals surface area contributed by atoms with Crippen molar-refractivity contribution in [1.82, 2.24) is 4.72 Å². The first-order valence-corrected chi connectivity index (χ1v) is 4.43. The summed E-state index contributed by atoms with van der Waals surface area (Å²) in [5, 5.41) is 0. The summed E-state index contributed by atoms with van der Waals surface area (Å²) in [4.78, 5) is 0. The van der Waals surface area contributed by atoms with E-state index in [1.807, 2.05) is 0 Å². The Hall–Kier alpha value is -0.910. The minimum Gasteiger partial charge on any atom is -0.760 e. The summed E-state index contributed by atoms with van der Waals surface area (Å²) in [6.45, 7) is 0.279. The second-order valence-corrected chi connectivity index (χ2v) is 3.06. The lowest BCUT2D eigenvalue weighted by Crippen LogP contribution is -2.15. The number of nitrogens with two attached hydrogens (primary N) is 1. The molecular formula is C7H9N2O2S-. The number of nitrogen functional groups attached to an aromatic ring is 1. The van der Waals surface area contributed by atoms with Crippen LogP contribution in [0.5, 0.6) is 0 Å². The molecule has 0 saturated carbocycles. The fraction of sp³-hybridized carbons (Fsp3) is 0.143. The fourth-order valence-corrected chi connectivity index (χ4v) is 1.13. The number of rotatable bonds is 3. The van der Waals surface area contributed by atoms with Gasteiger partial charge in [-0.15, -0.1) is 0 Å². The highest BCUT2D eigenvalue weighted by atomic mass is 32.2. The predicted octanol–water partition coefficient (Wildman–Crippen LogP) is 0.153. The van der Waals surface area contributed by atoms with Crippen LogP contribution in [0, 0.1) is 0 Å². The summed E-state index contributed by atoms with van der Waals surface area (Å²) in [6, 6.07) is 7.05. The molecule has 0 fully saturated rings. The maximum absolute atomic E-state index is 10.1. The Morgan fingerprint density at radius 3 is 2.92 bits per heavy atom. The van der Waals surface area contributed by atoms with E-state index in [2.05, 4.69) is 4.72 Å². The number of hydrogen-bond acceptors (Lipinski definition) is 3. The Labute approximate surface area is 73.2 Å². The van der Waals surface area contributed by atoms with Crippen LogP contribution in [-0.4, -0.2) is 8.76 Å². The van der Waals surface area contributed by atoms with Crippen molar-refractivity contribution in [3.8, 4) is 0 Å². The van der Waals surface area contributed by atoms with E-state index < -0.39 is 11.3 Å². The van der Waals surface area contributed by atoms with Gasteiger partial charge in [0.25, 0.3) is 0 Å². The molecule has 66 valence electrons.